The number of nitrogens with two attached hydrogens (primary N) is 1. The molecule has 0 fully saturated rings. The van der Waals surface area contributed by atoms with E-state index in [1.165, 1.54) is 12.1 Å². The zero-order valence-electron chi connectivity index (χ0n) is 10.6. The van der Waals surface area contributed by atoms with Crippen molar-refractivity contribution < 1.29 is 8.78 Å². The van der Waals surface area contributed by atoms with Crippen molar-refractivity contribution >= 4 is 17.4 Å². The molecule has 0 atom stereocenters. The number of hydrogen-bond acceptors (Lipinski definition) is 2. The molecule has 2 rings (SSSR count). The Bertz CT molecular complexity index is 555. The van der Waals surface area contributed by atoms with E-state index in [0.717, 1.165) is 22.2 Å². The quantitative estimate of drug-likeness (QED) is 0.660. The maximum absolute atomic E-state index is 14.0. The van der Waals surface area contributed by atoms with Crippen LogP contribution in [0.4, 0.5) is 14.5 Å². The molecular weight excluding hydrogens is 264 g/mol. The van der Waals surface area contributed by atoms with Gasteiger partial charge >= 0.3 is 0 Å². The highest BCUT2D eigenvalue weighted by molar-refractivity contribution is 7.99. The van der Waals surface area contributed by atoms with Crippen LogP contribution >= 0.6 is 11.8 Å². The molecule has 0 aromatic heterocycles. The smallest absolute Gasteiger partial charge is 0.282 e. The fraction of sp³-hybridized carbons (Fsp3) is 0.200. The van der Waals surface area contributed by atoms with Crippen LogP contribution in [0.5, 0.6) is 0 Å². The summed E-state index contributed by atoms with van der Waals surface area (Å²) in [6, 6.07) is 13.2. The summed E-state index contributed by atoms with van der Waals surface area (Å²) in [4.78, 5) is 0.838. The van der Waals surface area contributed by atoms with Gasteiger partial charge < -0.3 is 5.73 Å². The lowest BCUT2D eigenvalue weighted by Crippen LogP contribution is -2.16. The maximum Gasteiger partial charge on any atom is 0.282 e. The third-order valence-electron chi connectivity index (χ3n) is 2.80. The van der Waals surface area contributed by atoms with Gasteiger partial charge in [-0.1, -0.05) is 30.3 Å². The molecule has 19 heavy (non-hydrogen) atoms. The second kappa shape index (κ2) is 5.61. The summed E-state index contributed by atoms with van der Waals surface area (Å²) in [5, 5.41) is 0. The molecule has 0 saturated heterocycles. The first-order valence-electron chi connectivity index (χ1n) is 5.91. The van der Waals surface area contributed by atoms with Crippen molar-refractivity contribution in [2.24, 2.45) is 0 Å². The van der Waals surface area contributed by atoms with Crippen molar-refractivity contribution in [2.45, 2.75) is 17.7 Å². The van der Waals surface area contributed by atoms with Gasteiger partial charge in [-0.2, -0.15) is 0 Å². The lowest BCUT2D eigenvalue weighted by molar-refractivity contribution is 0.0232. The van der Waals surface area contributed by atoms with Gasteiger partial charge in [0.25, 0.3) is 5.92 Å². The number of thioether (sulfide) groups is 1. The number of hydrogen-bond donors (Lipinski definition) is 1. The van der Waals surface area contributed by atoms with Gasteiger partial charge in [0, 0.05) is 16.1 Å². The standard InChI is InChI=1S/C15H15F2NS/c1-11-9-13(18)7-8-14(11)19-10-15(16,17)12-5-3-2-4-6-12/h2-9H,10,18H2,1H3. The predicted molar refractivity (Wildman–Crippen MR) is 76.7 cm³/mol. The highest BCUT2D eigenvalue weighted by Gasteiger charge is 2.31. The van der Waals surface area contributed by atoms with E-state index in [1.807, 2.05) is 6.92 Å². The Labute approximate surface area is 115 Å². The van der Waals surface area contributed by atoms with E-state index >= 15 is 0 Å². The van der Waals surface area contributed by atoms with Crippen molar-refractivity contribution in [3.05, 3.63) is 59.7 Å². The Morgan fingerprint density at radius 2 is 1.79 bits per heavy atom. The van der Waals surface area contributed by atoms with E-state index in [9.17, 15) is 8.78 Å². The van der Waals surface area contributed by atoms with Crippen molar-refractivity contribution in [1.82, 2.24) is 0 Å². The molecule has 4 heteroatoms. The van der Waals surface area contributed by atoms with Gasteiger partial charge in [0.2, 0.25) is 0 Å². The number of rotatable bonds is 4. The molecule has 1 nitrogen and oxygen atoms in total. The van der Waals surface area contributed by atoms with E-state index in [0.29, 0.717) is 5.69 Å². The number of alkyl halides is 2. The second-order valence-electron chi connectivity index (χ2n) is 4.38. The zero-order chi connectivity index (χ0) is 13.9. The van der Waals surface area contributed by atoms with E-state index in [4.69, 9.17) is 5.73 Å². The summed E-state index contributed by atoms with van der Waals surface area (Å²) in [5.74, 6) is -3.11. The maximum atomic E-state index is 14.0. The summed E-state index contributed by atoms with van der Waals surface area (Å²) in [5.41, 5.74) is 7.27. The van der Waals surface area contributed by atoms with E-state index in [-0.39, 0.29) is 11.3 Å². The van der Waals surface area contributed by atoms with Crippen molar-refractivity contribution in [2.75, 3.05) is 11.5 Å². The molecule has 100 valence electrons. The lowest BCUT2D eigenvalue weighted by Gasteiger charge is -2.17. The van der Waals surface area contributed by atoms with Crippen molar-refractivity contribution in [1.29, 1.82) is 0 Å². The van der Waals surface area contributed by atoms with Crippen LogP contribution in [0, 0.1) is 6.92 Å². The van der Waals surface area contributed by atoms with Gasteiger partial charge in [0.15, 0.2) is 0 Å². The average molecular weight is 279 g/mol. The third-order valence-corrected chi connectivity index (χ3v) is 4.08. The topological polar surface area (TPSA) is 26.0 Å². The fourth-order valence-electron chi connectivity index (χ4n) is 1.77. The summed E-state index contributed by atoms with van der Waals surface area (Å²) in [7, 11) is 0. The molecule has 0 aliphatic heterocycles. The van der Waals surface area contributed by atoms with Crippen molar-refractivity contribution in [3.63, 3.8) is 0 Å². The Morgan fingerprint density at radius 1 is 1.11 bits per heavy atom. The predicted octanol–water partition coefficient (Wildman–Crippen LogP) is 4.46. The second-order valence-corrected chi connectivity index (χ2v) is 5.40. The van der Waals surface area contributed by atoms with Crippen LogP contribution in [-0.4, -0.2) is 5.75 Å². The highest BCUT2D eigenvalue weighted by atomic mass is 32.2. The molecule has 0 aliphatic carbocycles. The Kier molecular flexibility index (Phi) is 4.10. The van der Waals surface area contributed by atoms with Gasteiger partial charge in [-0.25, -0.2) is 8.78 Å². The van der Waals surface area contributed by atoms with Crippen LogP contribution in [0.1, 0.15) is 11.1 Å². The Morgan fingerprint density at radius 3 is 2.42 bits per heavy atom. The van der Waals surface area contributed by atoms with Crippen LogP contribution in [0.3, 0.4) is 0 Å². The van der Waals surface area contributed by atoms with Gasteiger partial charge in [0.1, 0.15) is 0 Å². The largest absolute Gasteiger partial charge is 0.399 e. The molecule has 2 aromatic carbocycles. The first kappa shape index (κ1) is 13.9. The lowest BCUT2D eigenvalue weighted by atomic mass is 10.1. The molecule has 0 bridgehead atoms. The highest BCUT2D eigenvalue weighted by Crippen LogP contribution is 2.35. The van der Waals surface area contributed by atoms with E-state index in [1.54, 1.807) is 36.4 Å². The minimum absolute atomic E-state index is 0.0515. The normalized spacial score (nSPS) is 11.5. The van der Waals surface area contributed by atoms with E-state index < -0.39 is 5.92 Å². The van der Waals surface area contributed by atoms with Gasteiger partial charge in [0.05, 0.1) is 5.75 Å². The van der Waals surface area contributed by atoms with Gasteiger partial charge in [-0.05, 0) is 30.7 Å². The minimum atomic E-state index is -2.83. The van der Waals surface area contributed by atoms with Crippen LogP contribution < -0.4 is 5.73 Å². The van der Waals surface area contributed by atoms with E-state index in [2.05, 4.69) is 0 Å². The first-order chi connectivity index (χ1) is 8.99. The average Bonchev–Trinajstić information content (AvgIpc) is 2.39. The molecule has 0 spiro atoms. The molecule has 0 unspecified atom stereocenters. The monoisotopic (exact) mass is 279 g/mol. The number of halogens is 2. The zero-order valence-corrected chi connectivity index (χ0v) is 11.4. The van der Waals surface area contributed by atoms with Crippen molar-refractivity contribution in [3.8, 4) is 0 Å². The number of nitrogen functional groups attached to an aromatic ring is 1. The SMILES string of the molecule is Cc1cc(N)ccc1SCC(F)(F)c1ccccc1. The molecule has 0 radical (unpaired) electrons. The van der Waals surface area contributed by atoms with Crippen LogP contribution in [0.2, 0.25) is 0 Å². The number of benzene rings is 2. The minimum Gasteiger partial charge on any atom is -0.399 e. The summed E-state index contributed by atoms with van der Waals surface area (Å²) < 4.78 is 28.0. The first-order valence-corrected chi connectivity index (χ1v) is 6.90. The van der Waals surface area contributed by atoms with Crippen LogP contribution in [0.15, 0.2) is 53.4 Å². The molecule has 0 heterocycles. The molecule has 2 aromatic rings. The number of aryl methyl sites for hydroxylation is 1. The van der Waals surface area contributed by atoms with Gasteiger partial charge in [-0.3, -0.25) is 0 Å². The van der Waals surface area contributed by atoms with Crippen LogP contribution in [0.25, 0.3) is 0 Å². The molecule has 0 aliphatic rings. The molecule has 0 amide bonds. The Hall–Kier alpha value is -1.55. The summed E-state index contributed by atoms with van der Waals surface area (Å²) in [6.45, 7) is 1.87. The molecule has 0 saturated carbocycles. The summed E-state index contributed by atoms with van der Waals surface area (Å²) in [6.07, 6.45) is 0. The molecule has 2 N–H and O–H groups in total. The van der Waals surface area contributed by atoms with Crippen LogP contribution in [-0.2, 0) is 5.92 Å². The summed E-state index contributed by atoms with van der Waals surface area (Å²) >= 11 is 1.15. The number of anilines is 1. The molecular formula is C15H15F2NS. The third kappa shape index (κ3) is 3.47. The Balaban J connectivity index is 2.09. The van der Waals surface area contributed by atoms with Gasteiger partial charge in [-0.15, -0.1) is 11.8 Å². The fourth-order valence-corrected chi connectivity index (χ4v) is 2.72.